The third-order valence-corrected chi connectivity index (χ3v) is 14.0. The maximum Gasteiger partial charge on any atom is 0.324 e. The molecule has 3 aliphatic heterocycles. The second-order valence-electron chi connectivity index (χ2n) is 19.2. The molecule has 0 unspecified atom stereocenters. The van der Waals surface area contributed by atoms with E-state index < -0.39 is 41.3 Å². The molecule has 0 radical (unpaired) electrons. The molecule has 4 atom stereocenters. The Morgan fingerprint density at radius 1 is 1.03 bits per heavy atom. The van der Waals surface area contributed by atoms with E-state index in [1.54, 1.807) is 28.3 Å². The van der Waals surface area contributed by atoms with Gasteiger partial charge in [-0.15, -0.1) is 11.3 Å². The number of aryl methyl sites for hydroxylation is 1. The number of nitrogens with one attached hydrogen (secondary N) is 2. The highest BCUT2D eigenvalue weighted by molar-refractivity contribution is 7.59. The van der Waals surface area contributed by atoms with Crippen LogP contribution in [0.4, 0.5) is 10.5 Å². The normalized spacial score (nSPS) is 19.4. The van der Waals surface area contributed by atoms with Gasteiger partial charge in [0.15, 0.2) is 0 Å². The van der Waals surface area contributed by atoms with Crippen LogP contribution in [0, 0.1) is 11.3 Å². The zero-order valence-corrected chi connectivity index (χ0v) is 46.9. The van der Waals surface area contributed by atoms with Gasteiger partial charge in [-0.05, 0) is 69.8 Å². The van der Waals surface area contributed by atoms with E-state index in [1.165, 1.54) is 26.1 Å². The van der Waals surface area contributed by atoms with Crippen molar-refractivity contribution in [1.82, 2.24) is 45.0 Å². The number of ether oxygens (including phenoxy) is 2. The van der Waals surface area contributed by atoms with Crippen LogP contribution in [0.25, 0.3) is 33.4 Å². The fourth-order valence-electron chi connectivity index (χ4n) is 9.46. The van der Waals surface area contributed by atoms with Gasteiger partial charge in [0.1, 0.15) is 18.1 Å². The molecule has 2 N–H and O–H groups in total. The fourth-order valence-corrected chi connectivity index (χ4v) is 10.3. The van der Waals surface area contributed by atoms with Gasteiger partial charge in [0, 0.05) is 107 Å². The maximum atomic E-state index is 14.5. The lowest BCUT2D eigenvalue weighted by Gasteiger charge is -2.36. The molecule has 0 saturated carbocycles. The number of nitrogens with zero attached hydrogens (tertiary/aromatic N) is 8. The minimum Gasteiger partial charge on any atom is -0.464 e. The minimum absolute atomic E-state index is 0. The van der Waals surface area contributed by atoms with Crippen LogP contribution in [-0.2, 0) is 43.2 Å². The monoisotopic (exact) mass is 1050 g/mol. The Balaban J connectivity index is 0.00000315. The van der Waals surface area contributed by atoms with Gasteiger partial charge in [0.2, 0.25) is 5.91 Å². The predicted molar refractivity (Wildman–Crippen MR) is 296 cm³/mol. The molecule has 4 amide bonds. The van der Waals surface area contributed by atoms with Crippen molar-refractivity contribution < 1.29 is 28.7 Å². The lowest BCUT2D eigenvalue weighted by molar-refractivity contribution is -0.155. The molecular weight excluding hydrogens is 973 g/mol. The van der Waals surface area contributed by atoms with Gasteiger partial charge in [0.05, 0.1) is 46.7 Å². The van der Waals surface area contributed by atoms with Crippen molar-refractivity contribution >= 4 is 106 Å². The molecule has 6 bridgehead atoms. The van der Waals surface area contributed by atoms with Crippen LogP contribution in [0.15, 0.2) is 35.8 Å². The van der Waals surface area contributed by atoms with Gasteiger partial charge in [-0.2, -0.15) is 54.0 Å². The highest BCUT2D eigenvalue weighted by Gasteiger charge is 2.38. The lowest BCUT2D eigenvalue weighted by atomic mass is 9.84. The summed E-state index contributed by atoms with van der Waals surface area (Å²) in [7, 11) is 8.73. The molecule has 16 nitrogen and oxygen atoms in total. The molecule has 7 rings (SSSR count). The fraction of sp³-hybridized carbons (Fsp3) is 0.583. The summed E-state index contributed by atoms with van der Waals surface area (Å²) in [5.74, 6) is -1.54. The van der Waals surface area contributed by atoms with Crippen LogP contribution in [0.2, 0.25) is 0 Å². The van der Waals surface area contributed by atoms with Crippen molar-refractivity contribution in [2.75, 3.05) is 79.5 Å². The van der Waals surface area contributed by atoms with E-state index in [4.69, 9.17) is 19.4 Å². The average molecular weight is 1050 g/mol. The number of esters is 1. The van der Waals surface area contributed by atoms with Crippen molar-refractivity contribution in [3.05, 3.63) is 52.1 Å². The number of pyridine rings is 1. The Kier molecular flexibility index (Phi) is 21.7. The van der Waals surface area contributed by atoms with Crippen molar-refractivity contribution in [2.24, 2.45) is 11.3 Å². The summed E-state index contributed by atoms with van der Waals surface area (Å²) in [6.45, 7) is 17.1. The number of urea groups is 1. The molecule has 0 aliphatic carbocycles. The van der Waals surface area contributed by atoms with Gasteiger partial charge >= 0.3 is 12.0 Å². The smallest absolute Gasteiger partial charge is 0.324 e. The van der Waals surface area contributed by atoms with Gasteiger partial charge in [-0.3, -0.25) is 24.4 Å². The number of anilines is 1. The zero-order chi connectivity index (χ0) is 46.9. The van der Waals surface area contributed by atoms with Crippen LogP contribution in [-0.4, -0.2) is 151 Å². The third-order valence-electron chi connectivity index (χ3n) is 13.1. The number of methoxy groups -OCH3 is 1. The quantitative estimate of drug-likeness (QED) is 0.189. The number of benzene rings is 1. The van der Waals surface area contributed by atoms with E-state index in [2.05, 4.69) is 77.2 Å². The molecule has 0 spiro atoms. The van der Waals surface area contributed by atoms with Crippen molar-refractivity contribution in [1.29, 1.82) is 0 Å². The standard InChI is InChI=1S/C48H68N10O6S.4H2S/c1-12-57-39-16-15-31-22-33(39)35(43(57)34-23-32(26-49-41(34)30(4)63-11)56-20-18-54(9)19-21-56)25-48(5,6)28-64-46(61)36-14-13-17-58(52-36)45(60)37(24-40-50-38(31)27-65-40)51-44(59)42(29(2)3)55(10)47(62)53(7)8;;;;/h15-16,22-23,26-27,29-30,36-37,42,52H,12-14,17-21,24-25,28H2,1-11H3,(H,51,59);4*1H2/t30-,36-,37-,42-;;;;/m0..../s1. The molecule has 21 heteroatoms. The molecule has 3 aliphatic rings. The number of piperazine rings is 1. The number of rotatable bonds is 9. The molecule has 2 saturated heterocycles. The van der Waals surface area contributed by atoms with Crippen LogP contribution in [0.5, 0.6) is 0 Å². The molecule has 6 heterocycles. The number of hydrogen-bond acceptors (Lipinski definition) is 12. The van der Waals surface area contributed by atoms with E-state index in [1.807, 2.05) is 32.3 Å². The topological polar surface area (TPSA) is 158 Å². The number of thiazole rings is 1. The molecule has 1 aromatic carbocycles. The Bertz CT molecular complexity index is 2400. The van der Waals surface area contributed by atoms with Crippen LogP contribution in [0.1, 0.15) is 76.8 Å². The van der Waals surface area contributed by atoms with Gasteiger partial charge in [-0.1, -0.05) is 33.8 Å². The van der Waals surface area contributed by atoms with Crippen molar-refractivity contribution in [3.63, 3.8) is 0 Å². The summed E-state index contributed by atoms with van der Waals surface area (Å²) >= 11 is 1.43. The summed E-state index contributed by atoms with van der Waals surface area (Å²) in [5, 5.41) is 8.17. The van der Waals surface area contributed by atoms with Crippen LogP contribution >= 0.6 is 65.3 Å². The molecule has 69 heavy (non-hydrogen) atoms. The van der Waals surface area contributed by atoms with E-state index >= 15 is 0 Å². The number of carbonyl (C=O) groups excluding carboxylic acids is 4. The number of amides is 4. The maximum absolute atomic E-state index is 14.5. The lowest BCUT2D eigenvalue weighted by Crippen LogP contribution is -2.62. The SMILES string of the molecule is CCn1c(-c2cc(N3CCN(C)CC3)cnc2[C@H](C)OC)c2c3cc(ccc31)-c1csc(n1)C[C@H](NC(=O)[C@H](C(C)C)N(C)C(=O)N(C)C)C(=O)N1CCC[C@H](N1)C(=O)OCC(C)(C)C2.S.S.S.S. The first-order valence-electron chi connectivity index (χ1n) is 23.0. The predicted octanol–water partition coefficient (Wildman–Crippen LogP) is 6.04. The van der Waals surface area contributed by atoms with Crippen LogP contribution in [0.3, 0.4) is 0 Å². The van der Waals surface area contributed by atoms with E-state index in [-0.39, 0.29) is 85.1 Å². The Morgan fingerprint density at radius 2 is 1.72 bits per heavy atom. The molecular formula is C48H76N10O6S5. The molecule has 3 aromatic heterocycles. The molecule has 4 aromatic rings. The molecule has 2 fully saturated rings. The number of cyclic esters (lactones) is 1. The highest BCUT2D eigenvalue weighted by Crippen LogP contribution is 2.43. The largest absolute Gasteiger partial charge is 0.464 e. The van der Waals surface area contributed by atoms with E-state index in [0.717, 1.165) is 76.5 Å². The van der Waals surface area contributed by atoms with Crippen LogP contribution < -0.4 is 15.6 Å². The first kappa shape index (κ1) is 59.6. The third kappa shape index (κ3) is 13.0. The zero-order valence-electron chi connectivity index (χ0n) is 42.1. The average Bonchev–Trinajstić information content (AvgIpc) is 3.88. The number of carbonyl (C=O) groups is 4. The van der Waals surface area contributed by atoms with Gasteiger partial charge in [0.25, 0.3) is 5.91 Å². The number of hydrazine groups is 1. The number of likely N-dealkylation sites (N-methyl/N-ethyl adjacent to an activating group) is 2. The van der Waals surface area contributed by atoms with Crippen molar-refractivity contribution in [3.8, 4) is 22.5 Å². The second kappa shape index (κ2) is 25.1. The Labute approximate surface area is 440 Å². The van der Waals surface area contributed by atoms with E-state index in [9.17, 15) is 19.2 Å². The van der Waals surface area contributed by atoms with E-state index in [0.29, 0.717) is 37.4 Å². The second-order valence-corrected chi connectivity index (χ2v) is 20.2. The van der Waals surface area contributed by atoms with Crippen molar-refractivity contribution in [2.45, 2.75) is 98.0 Å². The summed E-state index contributed by atoms with van der Waals surface area (Å²) in [6, 6.07) is 5.76. The summed E-state index contributed by atoms with van der Waals surface area (Å²) < 4.78 is 14.5. The first-order chi connectivity index (χ1) is 30.9. The first-order valence-corrected chi connectivity index (χ1v) is 23.8. The minimum atomic E-state index is -1.04. The summed E-state index contributed by atoms with van der Waals surface area (Å²) in [4.78, 5) is 73.5. The van der Waals surface area contributed by atoms with Gasteiger partial charge in [-0.25, -0.2) is 15.2 Å². The number of hydrogen-bond donors (Lipinski definition) is 2. The van der Waals surface area contributed by atoms with Gasteiger partial charge < -0.3 is 39.0 Å². The Hall–Kier alpha value is -3.70. The Morgan fingerprint density at radius 3 is 2.36 bits per heavy atom. The summed E-state index contributed by atoms with van der Waals surface area (Å²) in [5.41, 5.74) is 10.5. The highest BCUT2D eigenvalue weighted by atomic mass is 32.1. The molecule has 384 valence electrons. The summed E-state index contributed by atoms with van der Waals surface area (Å²) in [6.07, 6.45) is 3.43. The number of aromatic nitrogens is 3. The number of fused-ring (bicyclic) bond motifs is 6.